The number of ether oxygens (including phenoxy) is 2. The van der Waals surface area contributed by atoms with Crippen molar-refractivity contribution in [1.82, 2.24) is 4.90 Å². The third kappa shape index (κ3) is 6.14. The topological polar surface area (TPSA) is 42.0 Å². The van der Waals surface area contributed by atoms with E-state index in [1.807, 2.05) is 67.6 Å². The minimum atomic E-state index is -0.0484. The fourth-order valence-corrected chi connectivity index (χ4v) is 3.54. The fourth-order valence-electron chi connectivity index (χ4n) is 3.54. The molecule has 1 amide bonds. The van der Waals surface area contributed by atoms with Gasteiger partial charge in [0.1, 0.15) is 6.61 Å². The summed E-state index contributed by atoms with van der Waals surface area (Å²) in [5.74, 6) is 1.24. The lowest BCUT2D eigenvalue weighted by molar-refractivity contribution is 0.0988. The number of hydrogen-bond donors (Lipinski definition) is 0. The molecule has 0 bridgehead atoms. The highest BCUT2D eigenvalue weighted by Gasteiger charge is 2.18. The second-order valence-corrected chi connectivity index (χ2v) is 8.25. The summed E-state index contributed by atoms with van der Waals surface area (Å²) in [6.07, 6.45) is 0. The Bertz CT molecular complexity index is 1030. The summed E-state index contributed by atoms with van der Waals surface area (Å²) in [6.45, 7) is 8.15. The van der Waals surface area contributed by atoms with Gasteiger partial charge in [-0.25, -0.2) is 0 Å². The fraction of sp³-hybridized carbons (Fsp3) is 0.321. The van der Waals surface area contributed by atoms with Gasteiger partial charge in [-0.3, -0.25) is 4.79 Å². The van der Waals surface area contributed by atoms with E-state index in [0.29, 0.717) is 36.3 Å². The summed E-state index contributed by atoms with van der Waals surface area (Å²) < 4.78 is 11.5. The summed E-state index contributed by atoms with van der Waals surface area (Å²) in [4.78, 5) is 17.3. The van der Waals surface area contributed by atoms with Crippen molar-refractivity contribution in [1.29, 1.82) is 0 Å². The highest BCUT2D eigenvalue weighted by molar-refractivity contribution is 6.06. The van der Waals surface area contributed by atoms with Gasteiger partial charge in [0.2, 0.25) is 0 Å². The van der Waals surface area contributed by atoms with E-state index in [1.54, 1.807) is 12.0 Å². The van der Waals surface area contributed by atoms with Gasteiger partial charge in [0.05, 0.1) is 7.11 Å². The molecule has 0 aliphatic heterocycles. The van der Waals surface area contributed by atoms with E-state index in [2.05, 4.69) is 37.9 Å². The minimum Gasteiger partial charge on any atom is -0.493 e. The third-order valence-corrected chi connectivity index (χ3v) is 5.84. The van der Waals surface area contributed by atoms with Crippen LogP contribution in [0.25, 0.3) is 11.1 Å². The zero-order valence-corrected chi connectivity index (χ0v) is 20.2. The maximum absolute atomic E-state index is 13.3. The first-order valence-corrected chi connectivity index (χ1v) is 11.4. The van der Waals surface area contributed by atoms with Gasteiger partial charge >= 0.3 is 0 Å². The summed E-state index contributed by atoms with van der Waals surface area (Å²) in [5, 5.41) is 0. The van der Waals surface area contributed by atoms with Gasteiger partial charge in [0.15, 0.2) is 11.5 Å². The standard InChI is InChI=1S/C28H34N2O3/c1-6-30(28(31)24-14-12-23(13-15-24)22-10-8-7-9-11-22)25-16-17-26(32-5)27(20-25)33-19-18-29(4)21(2)3/h7-17,20-21H,6,18-19H2,1-5H3. The SMILES string of the molecule is CCN(C(=O)c1ccc(-c2ccccc2)cc1)c1ccc(OC)c(OCCN(C)C(C)C)c1. The van der Waals surface area contributed by atoms with Crippen LogP contribution in [0, 0.1) is 0 Å². The molecule has 0 spiro atoms. The lowest BCUT2D eigenvalue weighted by atomic mass is 10.0. The first kappa shape index (κ1) is 24.3. The number of methoxy groups -OCH3 is 1. The Morgan fingerprint density at radius 2 is 1.58 bits per heavy atom. The third-order valence-electron chi connectivity index (χ3n) is 5.84. The van der Waals surface area contributed by atoms with Crippen molar-refractivity contribution in [2.75, 3.05) is 38.8 Å². The number of benzene rings is 3. The number of anilines is 1. The van der Waals surface area contributed by atoms with Gasteiger partial charge in [-0.2, -0.15) is 0 Å². The maximum Gasteiger partial charge on any atom is 0.258 e. The van der Waals surface area contributed by atoms with Crippen LogP contribution in [-0.2, 0) is 0 Å². The molecule has 0 fully saturated rings. The van der Waals surface area contributed by atoms with Crippen molar-refractivity contribution in [2.24, 2.45) is 0 Å². The molecule has 0 aliphatic rings. The van der Waals surface area contributed by atoms with Crippen LogP contribution in [0.15, 0.2) is 72.8 Å². The first-order chi connectivity index (χ1) is 15.9. The molecule has 0 atom stereocenters. The van der Waals surface area contributed by atoms with E-state index in [4.69, 9.17) is 9.47 Å². The molecule has 3 rings (SSSR count). The molecule has 5 nitrogen and oxygen atoms in total. The molecule has 5 heteroatoms. The number of rotatable bonds is 10. The number of likely N-dealkylation sites (N-methyl/N-ethyl adjacent to an activating group) is 1. The van der Waals surface area contributed by atoms with Gasteiger partial charge in [-0.1, -0.05) is 42.5 Å². The molecular weight excluding hydrogens is 412 g/mol. The summed E-state index contributed by atoms with van der Waals surface area (Å²) in [6, 6.07) is 24.0. The first-order valence-electron chi connectivity index (χ1n) is 11.4. The molecular formula is C28H34N2O3. The summed E-state index contributed by atoms with van der Waals surface area (Å²) in [5.41, 5.74) is 3.64. The molecule has 0 N–H and O–H groups in total. The molecule has 0 heterocycles. The van der Waals surface area contributed by atoms with Gasteiger partial charge < -0.3 is 19.3 Å². The number of nitrogens with zero attached hydrogens (tertiary/aromatic N) is 2. The van der Waals surface area contributed by atoms with Crippen molar-refractivity contribution in [3.05, 3.63) is 78.4 Å². The minimum absolute atomic E-state index is 0.0484. The van der Waals surface area contributed by atoms with Crippen molar-refractivity contribution in [3.8, 4) is 22.6 Å². The van der Waals surface area contributed by atoms with Gasteiger partial charge in [-0.15, -0.1) is 0 Å². The van der Waals surface area contributed by atoms with E-state index in [9.17, 15) is 4.79 Å². The lowest BCUT2D eigenvalue weighted by Gasteiger charge is -2.24. The maximum atomic E-state index is 13.3. The Labute approximate surface area is 197 Å². The predicted octanol–water partition coefficient (Wildman–Crippen LogP) is 5.75. The van der Waals surface area contributed by atoms with Crippen LogP contribution in [-0.4, -0.2) is 50.7 Å². The number of carbonyl (C=O) groups is 1. The zero-order valence-electron chi connectivity index (χ0n) is 20.2. The quantitative estimate of drug-likeness (QED) is 0.398. The van der Waals surface area contributed by atoms with Gasteiger partial charge in [-0.05, 0) is 63.2 Å². The average Bonchev–Trinajstić information content (AvgIpc) is 2.85. The molecule has 0 saturated heterocycles. The number of hydrogen-bond acceptors (Lipinski definition) is 4. The van der Waals surface area contributed by atoms with Gasteiger partial charge in [0, 0.05) is 36.4 Å². The summed E-state index contributed by atoms with van der Waals surface area (Å²) in [7, 11) is 3.70. The number of amides is 1. The van der Waals surface area contributed by atoms with E-state index in [1.165, 1.54) is 0 Å². The smallest absolute Gasteiger partial charge is 0.258 e. The Morgan fingerprint density at radius 1 is 0.909 bits per heavy atom. The van der Waals surface area contributed by atoms with Crippen LogP contribution in [0.1, 0.15) is 31.1 Å². The Hall–Kier alpha value is -3.31. The van der Waals surface area contributed by atoms with Crippen LogP contribution < -0.4 is 14.4 Å². The highest BCUT2D eigenvalue weighted by atomic mass is 16.5. The monoisotopic (exact) mass is 446 g/mol. The van der Waals surface area contributed by atoms with Crippen molar-refractivity contribution in [3.63, 3.8) is 0 Å². The van der Waals surface area contributed by atoms with Crippen molar-refractivity contribution in [2.45, 2.75) is 26.8 Å². The van der Waals surface area contributed by atoms with Crippen LogP contribution >= 0.6 is 0 Å². The second kappa shape index (κ2) is 11.5. The molecule has 0 saturated carbocycles. The van der Waals surface area contributed by atoms with Crippen LogP contribution in [0.2, 0.25) is 0 Å². The number of carbonyl (C=O) groups excluding carboxylic acids is 1. The highest BCUT2D eigenvalue weighted by Crippen LogP contribution is 2.32. The zero-order chi connectivity index (χ0) is 23.8. The lowest BCUT2D eigenvalue weighted by Crippen LogP contribution is -2.31. The van der Waals surface area contributed by atoms with Crippen LogP contribution in [0.3, 0.4) is 0 Å². The summed E-state index contributed by atoms with van der Waals surface area (Å²) >= 11 is 0. The molecule has 33 heavy (non-hydrogen) atoms. The molecule has 3 aromatic carbocycles. The van der Waals surface area contributed by atoms with E-state index in [0.717, 1.165) is 23.4 Å². The van der Waals surface area contributed by atoms with E-state index in [-0.39, 0.29) is 5.91 Å². The molecule has 174 valence electrons. The van der Waals surface area contributed by atoms with Crippen molar-refractivity contribution < 1.29 is 14.3 Å². The second-order valence-electron chi connectivity index (χ2n) is 8.25. The Balaban J connectivity index is 1.78. The van der Waals surface area contributed by atoms with E-state index >= 15 is 0 Å². The largest absolute Gasteiger partial charge is 0.493 e. The Morgan fingerprint density at radius 3 is 2.18 bits per heavy atom. The molecule has 3 aromatic rings. The Kier molecular flexibility index (Phi) is 8.50. The molecule has 0 aromatic heterocycles. The molecule has 0 unspecified atom stereocenters. The molecule has 0 aliphatic carbocycles. The van der Waals surface area contributed by atoms with Crippen molar-refractivity contribution >= 4 is 11.6 Å². The van der Waals surface area contributed by atoms with Crippen LogP contribution in [0.4, 0.5) is 5.69 Å². The predicted molar refractivity (Wildman–Crippen MR) is 135 cm³/mol. The average molecular weight is 447 g/mol. The van der Waals surface area contributed by atoms with Gasteiger partial charge in [0.25, 0.3) is 5.91 Å². The molecule has 0 radical (unpaired) electrons. The normalized spacial score (nSPS) is 11.0. The van der Waals surface area contributed by atoms with E-state index < -0.39 is 0 Å². The van der Waals surface area contributed by atoms with Crippen LogP contribution in [0.5, 0.6) is 11.5 Å².